The number of aromatic nitrogens is 2. The highest BCUT2D eigenvalue weighted by Crippen LogP contribution is 2.36. The molecule has 1 atom stereocenters. The maximum absolute atomic E-state index is 12.5. The standard InChI is InChI=1S/C16H24BrClN4O2/c1-15(2,3)24-13(23)11(19)16(7-5-4-6-8-16)22-12-10(17)9-20-14(18)21-12/h9,11H,4-8,19H2,1-3H3,(H,20,21,22). The smallest absolute Gasteiger partial charge is 0.325 e. The average Bonchev–Trinajstić information content (AvgIpc) is 2.49. The molecule has 1 aromatic heterocycles. The molecule has 1 fully saturated rings. The van der Waals surface area contributed by atoms with Gasteiger partial charge >= 0.3 is 5.97 Å². The van der Waals surface area contributed by atoms with E-state index in [0.717, 1.165) is 32.1 Å². The Labute approximate surface area is 156 Å². The zero-order chi connectivity index (χ0) is 18.0. The van der Waals surface area contributed by atoms with Gasteiger partial charge in [-0.2, -0.15) is 4.98 Å². The number of halogens is 2. The van der Waals surface area contributed by atoms with Gasteiger partial charge in [0, 0.05) is 6.20 Å². The van der Waals surface area contributed by atoms with Gasteiger partial charge in [0.25, 0.3) is 0 Å². The van der Waals surface area contributed by atoms with Crippen molar-refractivity contribution in [1.82, 2.24) is 9.97 Å². The quantitative estimate of drug-likeness (QED) is 0.571. The van der Waals surface area contributed by atoms with Crippen LogP contribution >= 0.6 is 27.5 Å². The van der Waals surface area contributed by atoms with Crippen molar-refractivity contribution in [2.75, 3.05) is 5.32 Å². The number of carbonyl (C=O) groups excluding carboxylic acids is 1. The predicted octanol–water partition coefficient (Wildman–Crippen LogP) is 3.68. The van der Waals surface area contributed by atoms with Crippen molar-refractivity contribution in [1.29, 1.82) is 0 Å². The first kappa shape index (κ1) is 19.4. The number of nitrogens with one attached hydrogen (secondary N) is 1. The zero-order valence-electron chi connectivity index (χ0n) is 14.2. The van der Waals surface area contributed by atoms with Crippen LogP contribution in [0.2, 0.25) is 5.28 Å². The number of ether oxygens (including phenoxy) is 1. The molecule has 1 heterocycles. The SMILES string of the molecule is CC(C)(C)OC(=O)C(N)C1(Nc2nc(Cl)ncc2Br)CCCCC1. The molecule has 2 rings (SSSR count). The fraction of sp³-hybridized carbons (Fsp3) is 0.688. The Morgan fingerprint density at radius 3 is 2.62 bits per heavy atom. The second-order valence-corrected chi connectivity index (χ2v) is 8.38. The number of anilines is 1. The maximum atomic E-state index is 12.5. The number of nitrogens with zero attached hydrogens (tertiary/aromatic N) is 2. The van der Waals surface area contributed by atoms with Crippen LogP contribution in [0.1, 0.15) is 52.9 Å². The minimum atomic E-state index is -0.794. The molecule has 0 spiro atoms. The third kappa shape index (κ3) is 4.80. The summed E-state index contributed by atoms with van der Waals surface area (Å²) >= 11 is 9.32. The van der Waals surface area contributed by atoms with E-state index in [4.69, 9.17) is 22.1 Å². The highest BCUT2D eigenvalue weighted by molar-refractivity contribution is 9.10. The highest BCUT2D eigenvalue weighted by Gasteiger charge is 2.44. The maximum Gasteiger partial charge on any atom is 0.325 e. The van der Waals surface area contributed by atoms with Crippen LogP contribution in [0.3, 0.4) is 0 Å². The van der Waals surface area contributed by atoms with E-state index in [9.17, 15) is 4.79 Å². The van der Waals surface area contributed by atoms with Crippen LogP contribution in [0, 0.1) is 0 Å². The number of esters is 1. The van der Waals surface area contributed by atoms with Gasteiger partial charge in [0.05, 0.1) is 10.0 Å². The van der Waals surface area contributed by atoms with Gasteiger partial charge in [-0.05, 0) is 61.1 Å². The van der Waals surface area contributed by atoms with Crippen molar-refractivity contribution in [2.24, 2.45) is 5.73 Å². The number of hydrogen-bond acceptors (Lipinski definition) is 6. The summed E-state index contributed by atoms with van der Waals surface area (Å²) in [5, 5.41) is 3.50. The zero-order valence-corrected chi connectivity index (χ0v) is 16.6. The molecule has 0 saturated heterocycles. The van der Waals surface area contributed by atoms with Gasteiger partial charge in [0.15, 0.2) is 0 Å². The molecule has 1 saturated carbocycles. The normalized spacial score (nSPS) is 18.8. The van der Waals surface area contributed by atoms with E-state index in [1.807, 2.05) is 20.8 Å². The van der Waals surface area contributed by atoms with Gasteiger partial charge in [-0.3, -0.25) is 4.79 Å². The fourth-order valence-electron chi connectivity index (χ4n) is 2.96. The molecule has 3 N–H and O–H groups in total. The van der Waals surface area contributed by atoms with Gasteiger partial charge in [0.1, 0.15) is 17.5 Å². The van der Waals surface area contributed by atoms with Gasteiger partial charge in [-0.15, -0.1) is 0 Å². The fourth-order valence-corrected chi connectivity index (χ4v) is 3.38. The molecule has 8 heteroatoms. The van der Waals surface area contributed by atoms with Crippen molar-refractivity contribution in [2.45, 2.75) is 70.1 Å². The van der Waals surface area contributed by atoms with E-state index < -0.39 is 23.2 Å². The molecular formula is C16H24BrClN4O2. The molecule has 6 nitrogen and oxygen atoms in total. The molecule has 24 heavy (non-hydrogen) atoms. The van der Waals surface area contributed by atoms with E-state index in [2.05, 4.69) is 31.2 Å². The molecule has 1 unspecified atom stereocenters. The van der Waals surface area contributed by atoms with Crippen molar-refractivity contribution in [3.05, 3.63) is 16.0 Å². The third-order valence-electron chi connectivity index (χ3n) is 4.08. The average molecular weight is 420 g/mol. The summed E-state index contributed by atoms with van der Waals surface area (Å²) in [5.74, 6) is 0.129. The predicted molar refractivity (Wildman–Crippen MR) is 98.0 cm³/mol. The van der Waals surface area contributed by atoms with Crippen molar-refractivity contribution in [3.63, 3.8) is 0 Å². The van der Waals surface area contributed by atoms with Crippen molar-refractivity contribution >= 4 is 39.3 Å². The summed E-state index contributed by atoms with van der Waals surface area (Å²) < 4.78 is 6.17. The largest absolute Gasteiger partial charge is 0.459 e. The van der Waals surface area contributed by atoms with E-state index in [0.29, 0.717) is 10.3 Å². The van der Waals surface area contributed by atoms with Gasteiger partial charge in [0.2, 0.25) is 5.28 Å². The lowest BCUT2D eigenvalue weighted by Crippen LogP contribution is -2.60. The van der Waals surface area contributed by atoms with Gasteiger partial charge in [-0.1, -0.05) is 19.3 Å². The molecule has 0 radical (unpaired) electrons. The second kappa shape index (κ2) is 7.54. The number of hydrogen-bond donors (Lipinski definition) is 2. The minimum Gasteiger partial charge on any atom is -0.459 e. The molecule has 1 aliphatic carbocycles. The Hall–Kier alpha value is -0.920. The molecule has 1 aliphatic rings. The number of nitrogens with two attached hydrogens (primary N) is 1. The first-order valence-corrected chi connectivity index (χ1v) is 9.25. The molecule has 0 bridgehead atoms. The van der Waals surface area contributed by atoms with E-state index in [-0.39, 0.29) is 5.28 Å². The summed E-state index contributed by atoms with van der Waals surface area (Å²) in [5.41, 5.74) is 5.15. The summed E-state index contributed by atoms with van der Waals surface area (Å²) in [7, 11) is 0. The van der Waals surface area contributed by atoms with Crippen molar-refractivity contribution < 1.29 is 9.53 Å². The van der Waals surface area contributed by atoms with Crippen LogP contribution < -0.4 is 11.1 Å². The first-order chi connectivity index (χ1) is 11.1. The Balaban J connectivity index is 2.29. The summed E-state index contributed by atoms with van der Waals surface area (Å²) in [4.78, 5) is 20.7. The van der Waals surface area contributed by atoms with Crippen LogP contribution in [-0.4, -0.2) is 33.1 Å². The van der Waals surface area contributed by atoms with E-state index in [1.54, 1.807) is 6.20 Å². The Kier molecular flexibility index (Phi) is 6.09. The Morgan fingerprint density at radius 1 is 1.42 bits per heavy atom. The van der Waals surface area contributed by atoms with Crippen LogP contribution in [0.25, 0.3) is 0 Å². The molecule has 0 aromatic carbocycles. The van der Waals surface area contributed by atoms with E-state index in [1.165, 1.54) is 0 Å². The van der Waals surface area contributed by atoms with Crippen molar-refractivity contribution in [3.8, 4) is 0 Å². The van der Waals surface area contributed by atoms with Crippen LogP contribution in [0.4, 0.5) is 5.82 Å². The lowest BCUT2D eigenvalue weighted by Gasteiger charge is -2.42. The van der Waals surface area contributed by atoms with Gasteiger partial charge < -0.3 is 15.8 Å². The summed E-state index contributed by atoms with van der Waals surface area (Å²) in [6.07, 6.45) is 6.20. The molecule has 0 aliphatic heterocycles. The summed E-state index contributed by atoms with van der Waals surface area (Å²) in [6, 6.07) is -0.794. The highest BCUT2D eigenvalue weighted by atomic mass is 79.9. The Bertz CT molecular complexity index is 600. The van der Waals surface area contributed by atoms with Crippen LogP contribution in [-0.2, 0) is 9.53 Å². The number of rotatable bonds is 4. The third-order valence-corrected chi connectivity index (χ3v) is 4.85. The lowest BCUT2D eigenvalue weighted by molar-refractivity contribution is -0.158. The molecule has 134 valence electrons. The molecular weight excluding hydrogens is 396 g/mol. The van der Waals surface area contributed by atoms with E-state index >= 15 is 0 Å². The lowest BCUT2D eigenvalue weighted by atomic mass is 9.76. The molecule has 0 amide bonds. The summed E-state index contributed by atoms with van der Waals surface area (Å²) in [6.45, 7) is 5.50. The van der Waals surface area contributed by atoms with Crippen LogP contribution in [0.15, 0.2) is 10.7 Å². The Morgan fingerprint density at radius 2 is 2.04 bits per heavy atom. The second-order valence-electron chi connectivity index (χ2n) is 7.19. The minimum absolute atomic E-state index is 0.137. The monoisotopic (exact) mass is 418 g/mol. The molecule has 1 aromatic rings. The van der Waals surface area contributed by atoms with Crippen LogP contribution in [0.5, 0.6) is 0 Å². The van der Waals surface area contributed by atoms with Gasteiger partial charge in [-0.25, -0.2) is 4.98 Å². The topological polar surface area (TPSA) is 90.1 Å². The number of carbonyl (C=O) groups is 1. The first-order valence-electron chi connectivity index (χ1n) is 8.08.